The third-order valence-corrected chi connectivity index (χ3v) is 5.42. The molecular formula is C23H30N4O4. The highest BCUT2D eigenvalue weighted by Gasteiger charge is 2.20. The second kappa shape index (κ2) is 11.3. The van der Waals surface area contributed by atoms with Gasteiger partial charge in [-0.1, -0.05) is 35.5 Å². The van der Waals surface area contributed by atoms with E-state index in [4.69, 9.17) is 4.52 Å². The number of aromatic nitrogens is 1. The molecule has 1 aromatic heterocycles. The second-order valence-corrected chi connectivity index (χ2v) is 7.92. The molecule has 8 nitrogen and oxygen atoms in total. The van der Waals surface area contributed by atoms with Crippen LogP contribution in [0.25, 0.3) is 0 Å². The molecule has 31 heavy (non-hydrogen) atoms. The smallest absolute Gasteiger partial charge is 0.239 e. The van der Waals surface area contributed by atoms with E-state index in [0.29, 0.717) is 43.9 Å². The summed E-state index contributed by atoms with van der Waals surface area (Å²) in [6, 6.07) is 11.8. The van der Waals surface area contributed by atoms with Crippen molar-refractivity contribution < 1.29 is 18.9 Å². The molecule has 0 saturated carbocycles. The van der Waals surface area contributed by atoms with E-state index in [2.05, 4.69) is 27.9 Å². The van der Waals surface area contributed by atoms with Crippen molar-refractivity contribution in [2.24, 2.45) is 0 Å². The van der Waals surface area contributed by atoms with Crippen molar-refractivity contribution in [2.45, 2.75) is 44.9 Å². The van der Waals surface area contributed by atoms with Crippen LogP contribution in [0.15, 0.2) is 40.9 Å². The van der Waals surface area contributed by atoms with Crippen molar-refractivity contribution >= 4 is 17.7 Å². The molecule has 0 aliphatic carbocycles. The van der Waals surface area contributed by atoms with Crippen molar-refractivity contribution in [1.29, 1.82) is 0 Å². The van der Waals surface area contributed by atoms with Crippen LogP contribution in [0.2, 0.25) is 0 Å². The second-order valence-electron chi connectivity index (χ2n) is 7.92. The third kappa shape index (κ3) is 7.24. The van der Waals surface area contributed by atoms with E-state index in [0.717, 1.165) is 18.4 Å². The third-order valence-electron chi connectivity index (χ3n) is 5.42. The largest absolute Gasteiger partial charge is 0.361 e. The molecule has 3 rings (SSSR count). The highest BCUT2D eigenvalue weighted by molar-refractivity contribution is 5.85. The minimum atomic E-state index is -0.202. The number of nitrogens with zero attached hydrogens (tertiary/aromatic N) is 2. The van der Waals surface area contributed by atoms with E-state index in [1.807, 2.05) is 18.2 Å². The number of hydrogen-bond acceptors (Lipinski definition) is 5. The van der Waals surface area contributed by atoms with Gasteiger partial charge in [-0.05, 0) is 37.7 Å². The van der Waals surface area contributed by atoms with Crippen molar-refractivity contribution in [1.82, 2.24) is 20.7 Å². The average molecular weight is 427 g/mol. The number of benzene rings is 1. The standard InChI is InChI=1S/C23H30N4O4/c1-17-14-20(31-26-17)15-23(30)27-13-5-11-24-21(28)9-8-19(10-12-25-22(29)16-27)18-6-3-2-4-7-18/h2-4,6-7,14,19H,5,8-13,15-16H2,1H3,(H,24,28)(H,25,29). The van der Waals surface area contributed by atoms with Crippen LogP contribution in [-0.4, -0.2) is 54.0 Å². The summed E-state index contributed by atoms with van der Waals surface area (Å²) in [5.74, 6) is 0.280. The van der Waals surface area contributed by atoms with E-state index in [9.17, 15) is 14.4 Å². The molecule has 166 valence electrons. The predicted molar refractivity (Wildman–Crippen MR) is 115 cm³/mol. The Labute approximate surface area is 182 Å². The minimum absolute atomic E-state index is 0.0111. The molecule has 1 saturated heterocycles. The lowest BCUT2D eigenvalue weighted by molar-refractivity contribution is -0.135. The van der Waals surface area contributed by atoms with Crippen molar-refractivity contribution in [3.05, 3.63) is 53.4 Å². The van der Waals surface area contributed by atoms with Gasteiger partial charge in [-0.3, -0.25) is 14.4 Å². The quantitative estimate of drug-likeness (QED) is 0.781. The van der Waals surface area contributed by atoms with Crippen LogP contribution in [0.5, 0.6) is 0 Å². The summed E-state index contributed by atoms with van der Waals surface area (Å²) >= 11 is 0. The average Bonchev–Trinajstić information content (AvgIpc) is 3.17. The first-order chi connectivity index (χ1) is 15.0. The van der Waals surface area contributed by atoms with E-state index in [-0.39, 0.29) is 36.6 Å². The Morgan fingerprint density at radius 2 is 1.90 bits per heavy atom. The van der Waals surface area contributed by atoms with E-state index >= 15 is 0 Å². The fourth-order valence-electron chi connectivity index (χ4n) is 3.76. The molecule has 1 aromatic carbocycles. The van der Waals surface area contributed by atoms with E-state index in [1.165, 1.54) is 4.90 Å². The molecular weight excluding hydrogens is 396 g/mol. The number of hydrogen-bond donors (Lipinski definition) is 2. The maximum atomic E-state index is 12.7. The lowest BCUT2D eigenvalue weighted by Gasteiger charge is -2.23. The van der Waals surface area contributed by atoms with Crippen LogP contribution in [0, 0.1) is 6.92 Å². The Hall–Kier alpha value is -3.16. The topological polar surface area (TPSA) is 105 Å². The summed E-state index contributed by atoms with van der Waals surface area (Å²) in [6.45, 7) is 3.10. The van der Waals surface area contributed by atoms with Crippen molar-refractivity contribution in [2.75, 3.05) is 26.2 Å². The molecule has 1 aliphatic heterocycles. The number of rotatable bonds is 3. The zero-order valence-electron chi connectivity index (χ0n) is 17.9. The zero-order valence-corrected chi connectivity index (χ0v) is 17.9. The Morgan fingerprint density at radius 3 is 2.65 bits per heavy atom. The number of aryl methyl sites for hydroxylation is 1. The highest BCUT2D eigenvalue weighted by Crippen LogP contribution is 2.24. The molecule has 2 heterocycles. The normalized spacial score (nSPS) is 19.3. The lowest BCUT2D eigenvalue weighted by atomic mass is 9.91. The SMILES string of the molecule is Cc1cc(CC(=O)N2CCCNC(=O)CCC(c3ccccc3)CCNC(=O)C2)on1. The molecule has 0 radical (unpaired) electrons. The molecule has 1 aliphatic rings. The Morgan fingerprint density at radius 1 is 1.13 bits per heavy atom. The van der Waals surface area contributed by atoms with Crippen LogP contribution < -0.4 is 10.6 Å². The summed E-state index contributed by atoms with van der Waals surface area (Å²) in [7, 11) is 0. The van der Waals surface area contributed by atoms with Crippen LogP contribution in [0.4, 0.5) is 0 Å². The summed E-state index contributed by atoms with van der Waals surface area (Å²) in [6.07, 6.45) is 2.51. The maximum absolute atomic E-state index is 12.7. The van der Waals surface area contributed by atoms with Crippen LogP contribution in [-0.2, 0) is 20.8 Å². The fraction of sp³-hybridized carbons (Fsp3) is 0.478. The van der Waals surface area contributed by atoms with Gasteiger partial charge in [0, 0.05) is 32.1 Å². The van der Waals surface area contributed by atoms with Gasteiger partial charge in [0.15, 0.2) is 0 Å². The number of nitrogens with one attached hydrogen (secondary N) is 2. The molecule has 0 spiro atoms. The zero-order chi connectivity index (χ0) is 22.1. The molecule has 8 heteroatoms. The predicted octanol–water partition coefficient (Wildman–Crippen LogP) is 1.94. The summed E-state index contributed by atoms with van der Waals surface area (Å²) < 4.78 is 5.13. The first-order valence-corrected chi connectivity index (χ1v) is 10.8. The van der Waals surface area contributed by atoms with Gasteiger partial charge in [-0.15, -0.1) is 0 Å². The maximum Gasteiger partial charge on any atom is 0.239 e. The van der Waals surface area contributed by atoms with Gasteiger partial charge >= 0.3 is 0 Å². The Kier molecular flexibility index (Phi) is 8.20. The molecule has 2 N–H and O–H groups in total. The summed E-state index contributed by atoms with van der Waals surface area (Å²) in [5.41, 5.74) is 1.87. The highest BCUT2D eigenvalue weighted by atomic mass is 16.5. The summed E-state index contributed by atoms with van der Waals surface area (Å²) in [4.78, 5) is 39.0. The first-order valence-electron chi connectivity index (χ1n) is 10.8. The van der Waals surface area contributed by atoms with Crippen LogP contribution in [0.1, 0.15) is 48.6 Å². The molecule has 0 bridgehead atoms. The molecule has 2 aromatic rings. The van der Waals surface area contributed by atoms with Crippen LogP contribution >= 0.6 is 0 Å². The minimum Gasteiger partial charge on any atom is -0.361 e. The van der Waals surface area contributed by atoms with Gasteiger partial charge in [-0.2, -0.15) is 0 Å². The van der Waals surface area contributed by atoms with Crippen molar-refractivity contribution in [3.8, 4) is 0 Å². The van der Waals surface area contributed by atoms with Gasteiger partial charge in [0.05, 0.1) is 18.7 Å². The number of carbonyl (C=O) groups is 3. The number of carbonyl (C=O) groups excluding carboxylic acids is 3. The van der Waals surface area contributed by atoms with Crippen molar-refractivity contribution in [3.63, 3.8) is 0 Å². The molecule has 3 amide bonds. The first kappa shape index (κ1) is 22.5. The Balaban J connectivity index is 1.64. The van der Waals surface area contributed by atoms with E-state index in [1.54, 1.807) is 13.0 Å². The van der Waals surface area contributed by atoms with Gasteiger partial charge in [-0.25, -0.2) is 0 Å². The lowest BCUT2D eigenvalue weighted by Crippen LogP contribution is -2.43. The Bertz CT molecular complexity index is 881. The van der Waals surface area contributed by atoms with Gasteiger partial charge in [0.2, 0.25) is 17.7 Å². The van der Waals surface area contributed by atoms with E-state index < -0.39 is 0 Å². The van der Waals surface area contributed by atoms with Gasteiger partial charge < -0.3 is 20.1 Å². The number of amides is 3. The van der Waals surface area contributed by atoms with Crippen LogP contribution in [0.3, 0.4) is 0 Å². The molecule has 1 atom stereocenters. The molecule has 1 unspecified atom stereocenters. The molecule has 1 fully saturated rings. The fourth-order valence-corrected chi connectivity index (χ4v) is 3.76. The summed E-state index contributed by atoms with van der Waals surface area (Å²) in [5, 5.41) is 9.66. The van der Waals surface area contributed by atoms with Gasteiger partial charge in [0.25, 0.3) is 0 Å². The van der Waals surface area contributed by atoms with Gasteiger partial charge in [0.1, 0.15) is 5.76 Å². The monoisotopic (exact) mass is 426 g/mol.